The quantitative estimate of drug-likeness (QED) is 0.273. The van der Waals surface area contributed by atoms with Crippen LogP contribution >= 0.6 is 0 Å². The largest absolute Gasteiger partial charge is 0.443 e. The zero-order valence-corrected chi connectivity index (χ0v) is 23.0. The van der Waals surface area contributed by atoms with Crippen molar-refractivity contribution in [1.82, 2.24) is 8.61 Å². The summed E-state index contributed by atoms with van der Waals surface area (Å²) in [6, 6.07) is 23.7. The lowest BCUT2D eigenvalue weighted by atomic mass is 9.97. The lowest BCUT2D eigenvalue weighted by Crippen LogP contribution is -2.37. The van der Waals surface area contributed by atoms with Crippen molar-refractivity contribution in [2.24, 2.45) is 5.92 Å². The zero-order valence-electron chi connectivity index (χ0n) is 22.2. The number of esters is 1. The van der Waals surface area contributed by atoms with E-state index < -0.39 is 40.8 Å². The summed E-state index contributed by atoms with van der Waals surface area (Å²) in [7, 11) is -4.20. The van der Waals surface area contributed by atoms with Crippen LogP contribution in [0.1, 0.15) is 60.2 Å². The van der Waals surface area contributed by atoms with Crippen LogP contribution in [0.25, 0.3) is 0 Å². The molecule has 39 heavy (non-hydrogen) atoms. The summed E-state index contributed by atoms with van der Waals surface area (Å²) in [5.74, 6) is -2.08. The maximum atomic E-state index is 13.4. The van der Waals surface area contributed by atoms with Crippen molar-refractivity contribution in [2.75, 3.05) is 6.73 Å². The normalized spacial score (nSPS) is 17.8. The van der Waals surface area contributed by atoms with Crippen LogP contribution in [-0.2, 0) is 31.1 Å². The minimum atomic E-state index is -4.20. The van der Waals surface area contributed by atoms with Gasteiger partial charge < -0.3 is 4.74 Å². The third-order valence-corrected chi connectivity index (χ3v) is 8.53. The lowest BCUT2D eigenvalue weighted by molar-refractivity contribution is -0.150. The average molecular weight is 549 g/mol. The van der Waals surface area contributed by atoms with Crippen LogP contribution < -0.4 is 0 Å². The predicted octanol–water partition coefficient (Wildman–Crippen LogP) is 4.53. The second kappa shape index (κ2) is 11.9. The molecule has 0 bridgehead atoms. The van der Waals surface area contributed by atoms with Gasteiger partial charge in [-0.15, -0.1) is 0 Å². The molecule has 0 N–H and O–H groups in total. The molecule has 1 aliphatic rings. The molecule has 0 spiro atoms. The van der Waals surface area contributed by atoms with Crippen molar-refractivity contribution in [3.8, 4) is 0 Å². The van der Waals surface area contributed by atoms with Crippen LogP contribution in [0.5, 0.6) is 0 Å². The molecule has 8 nitrogen and oxygen atoms in total. The number of ketones is 1. The molecule has 2 atom stereocenters. The molecule has 1 fully saturated rings. The molecule has 1 heterocycles. The van der Waals surface area contributed by atoms with Crippen molar-refractivity contribution < 1.29 is 27.5 Å². The van der Waals surface area contributed by atoms with Gasteiger partial charge in [0.2, 0.25) is 0 Å². The van der Waals surface area contributed by atoms with Gasteiger partial charge in [0.15, 0.2) is 12.5 Å². The summed E-state index contributed by atoms with van der Waals surface area (Å²) in [5, 5.41) is 0. The number of ether oxygens (including phenoxy) is 1. The fourth-order valence-electron chi connectivity index (χ4n) is 4.50. The summed E-state index contributed by atoms with van der Waals surface area (Å²) in [6.07, 6.45) is 0.347. The molecule has 1 unspecified atom stereocenters. The Balaban J connectivity index is 1.44. The fraction of sp³-hybridized carbons (Fsp3) is 0.300. The van der Waals surface area contributed by atoms with Gasteiger partial charge >= 0.3 is 16.2 Å². The highest BCUT2D eigenvalue weighted by atomic mass is 32.2. The monoisotopic (exact) mass is 548 g/mol. The van der Waals surface area contributed by atoms with Crippen molar-refractivity contribution >= 4 is 27.9 Å². The van der Waals surface area contributed by atoms with E-state index >= 15 is 0 Å². The van der Waals surface area contributed by atoms with Crippen LogP contribution in [0.3, 0.4) is 0 Å². The molecule has 1 aliphatic heterocycles. The first-order valence-electron chi connectivity index (χ1n) is 12.8. The number of hydrogen-bond donors (Lipinski definition) is 0. The molecular weight excluding hydrogens is 516 g/mol. The first-order valence-corrected chi connectivity index (χ1v) is 14.2. The van der Waals surface area contributed by atoms with E-state index in [-0.39, 0.29) is 18.2 Å². The highest BCUT2D eigenvalue weighted by Gasteiger charge is 2.50. The molecular formula is C30H32N2O6S. The molecule has 0 aliphatic carbocycles. The smallest absolute Gasteiger partial charge is 0.314 e. The van der Waals surface area contributed by atoms with Crippen LogP contribution in [0, 0.1) is 5.92 Å². The van der Waals surface area contributed by atoms with E-state index in [9.17, 15) is 22.8 Å². The van der Waals surface area contributed by atoms with Crippen molar-refractivity contribution in [3.63, 3.8) is 0 Å². The second-order valence-electron chi connectivity index (χ2n) is 10.0. The van der Waals surface area contributed by atoms with Gasteiger partial charge in [0.05, 0.1) is 5.92 Å². The van der Waals surface area contributed by atoms with Gasteiger partial charge in [-0.3, -0.25) is 14.4 Å². The van der Waals surface area contributed by atoms with Gasteiger partial charge in [0, 0.05) is 17.7 Å². The molecule has 1 saturated heterocycles. The maximum absolute atomic E-state index is 13.4. The Hall–Kier alpha value is -3.82. The Labute approximate surface area is 229 Å². The first-order chi connectivity index (χ1) is 18.6. The Bertz CT molecular complexity index is 1420. The highest BCUT2D eigenvalue weighted by Crippen LogP contribution is 2.30. The highest BCUT2D eigenvalue weighted by molar-refractivity contribution is 7.87. The van der Waals surface area contributed by atoms with E-state index in [1.54, 1.807) is 67.6 Å². The molecule has 0 aromatic heterocycles. The molecule has 4 rings (SSSR count). The van der Waals surface area contributed by atoms with Gasteiger partial charge in [-0.05, 0) is 30.4 Å². The van der Waals surface area contributed by atoms with E-state index in [2.05, 4.69) is 0 Å². The molecule has 0 saturated carbocycles. The van der Waals surface area contributed by atoms with Crippen molar-refractivity contribution in [1.29, 1.82) is 0 Å². The zero-order chi connectivity index (χ0) is 28.2. The van der Waals surface area contributed by atoms with Gasteiger partial charge in [0.25, 0.3) is 5.91 Å². The summed E-state index contributed by atoms with van der Waals surface area (Å²) >= 11 is 0. The topological polar surface area (TPSA) is 101 Å². The van der Waals surface area contributed by atoms with Crippen LogP contribution in [0.4, 0.5) is 0 Å². The number of benzene rings is 3. The van der Waals surface area contributed by atoms with Crippen molar-refractivity contribution in [2.45, 2.75) is 45.7 Å². The van der Waals surface area contributed by atoms with Gasteiger partial charge in [-0.1, -0.05) is 98.8 Å². The summed E-state index contributed by atoms with van der Waals surface area (Å²) < 4.78 is 33.9. The average Bonchev–Trinajstić information content (AvgIpc) is 3.11. The summed E-state index contributed by atoms with van der Waals surface area (Å²) in [4.78, 5) is 38.7. The summed E-state index contributed by atoms with van der Waals surface area (Å²) in [6.45, 7) is 4.81. The number of carbonyl (C=O) groups excluding carboxylic acids is 3. The van der Waals surface area contributed by atoms with E-state index in [1.165, 1.54) is 4.31 Å². The molecule has 3 aromatic carbocycles. The van der Waals surface area contributed by atoms with Crippen LogP contribution in [0.2, 0.25) is 0 Å². The Morgan fingerprint density at radius 1 is 0.846 bits per heavy atom. The van der Waals surface area contributed by atoms with Gasteiger partial charge in [-0.2, -0.15) is 17.0 Å². The predicted molar refractivity (Wildman–Crippen MR) is 147 cm³/mol. The Kier molecular flexibility index (Phi) is 8.62. The molecule has 1 amide bonds. The second-order valence-corrected chi connectivity index (χ2v) is 11.8. The third-order valence-electron chi connectivity index (χ3n) is 6.72. The number of rotatable bonds is 10. The van der Waals surface area contributed by atoms with E-state index in [4.69, 9.17) is 4.74 Å². The van der Waals surface area contributed by atoms with Gasteiger partial charge in [0.1, 0.15) is 6.04 Å². The minimum Gasteiger partial charge on any atom is -0.443 e. The van der Waals surface area contributed by atoms with Crippen LogP contribution in [0.15, 0.2) is 84.9 Å². The minimum absolute atomic E-state index is 0.0429. The van der Waals surface area contributed by atoms with E-state index in [0.29, 0.717) is 27.4 Å². The Morgan fingerprint density at radius 2 is 1.41 bits per heavy atom. The maximum Gasteiger partial charge on any atom is 0.314 e. The van der Waals surface area contributed by atoms with E-state index in [0.717, 1.165) is 5.56 Å². The first kappa shape index (κ1) is 28.2. The van der Waals surface area contributed by atoms with Crippen molar-refractivity contribution in [3.05, 3.63) is 107 Å². The number of carbonyl (C=O) groups is 3. The number of nitrogens with zero attached hydrogens (tertiary/aromatic N) is 2. The number of hydrogen-bond acceptors (Lipinski definition) is 6. The fourth-order valence-corrected chi connectivity index (χ4v) is 6.10. The van der Waals surface area contributed by atoms with Crippen LogP contribution in [-0.4, -0.2) is 47.5 Å². The Morgan fingerprint density at radius 3 is 2.00 bits per heavy atom. The molecule has 0 radical (unpaired) electrons. The SMILES string of the molecule is CC(C)C[C@H]1C(=O)N(COC(=O)C(C)c2ccc(C(=O)c3ccccc3)cc2)S(=O)(=O)N1Cc1ccccc1. The molecule has 9 heteroatoms. The third kappa shape index (κ3) is 6.26. The summed E-state index contributed by atoms with van der Waals surface area (Å²) in [5.41, 5.74) is 2.40. The molecule has 204 valence electrons. The number of amides is 1. The standard InChI is InChI=1S/C30H32N2O6S/c1-21(2)18-27-29(34)32(39(36,37)31(27)19-23-10-6-4-7-11-23)20-38-30(35)22(3)24-14-16-26(17-15-24)28(33)25-12-8-5-9-13-25/h4-17,21-22,27H,18-20H2,1-3H3/t22?,27-/m0/s1. The van der Waals surface area contributed by atoms with E-state index in [1.807, 2.05) is 38.1 Å². The lowest BCUT2D eigenvalue weighted by Gasteiger charge is -2.22. The molecule has 3 aromatic rings. The van der Waals surface area contributed by atoms with Gasteiger partial charge in [-0.25, -0.2) is 0 Å².